The zero-order valence-corrected chi connectivity index (χ0v) is 10.5. The van der Waals surface area contributed by atoms with Crippen LogP contribution in [0.25, 0.3) is 32.6 Å². The number of aromatic nitrogens is 1. The van der Waals surface area contributed by atoms with Crippen molar-refractivity contribution in [3.63, 3.8) is 0 Å². The van der Waals surface area contributed by atoms with Crippen molar-refractivity contribution in [3.8, 4) is 11.3 Å². The molecular weight excluding hydrogens is 252 g/mol. The Labute approximate surface area is 114 Å². The monoisotopic (exact) mass is 262 g/mol. The third kappa shape index (κ3) is 1.92. The number of pyridine rings is 1. The van der Waals surface area contributed by atoms with Gasteiger partial charge in [0.25, 0.3) is 0 Å². The lowest BCUT2D eigenvalue weighted by atomic mass is 10.1. The van der Waals surface area contributed by atoms with Gasteiger partial charge in [0.15, 0.2) is 0 Å². The summed E-state index contributed by atoms with van der Waals surface area (Å²) in [6, 6.07) is 18.0. The van der Waals surface area contributed by atoms with Crippen molar-refractivity contribution in [2.75, 3.05) is 0 Å². The summed E-state index contributed by atoms with van der Waals surface area (Å²) in [7, 11) is 0. The lowest BCUT2D eigenvalue weighted by Gasteiger charge is -2.09. The van der Waals surface area contributed by atoms with Crippen LogP contribution in [0.4, 0.5) is 5.69 Å². The maximum atomic E-state index is 12.5. The van der Waals surface area contributed by atoms with Crippen LogP contribution in [0.5, 0.6) is 0 Å². The van der Waals surface area contributed by atoms with Crippen LogP contribution in [0.15, 0.2) is 65.8 Å². The first-order valence-electron chi connectivity index (χ1n) is 6.07. The van der Waals surface area contributed by atoms with Crippen molar-refractivity contribution in [1.29, 1.82) is 0 Å². The van der Waals surface area contributed by atoms with E-state index in [0.29, 0.717) is 22.5 Å². The topological polar surface area (TPSA) is 75.7 Å². The number of hydrogen-bond donors (Lipinski definition) is 0. The zero-order chi connectivity index (χ0) is 13.9. The van der Waals surface area contributed by atoms with E-state index in [1.165, 1.54) is 0 Å². The van der Waals surface area contributed by atoms with Gasteiger partial charge in [-0.25, -0.2) is 0 Å². The van der Waals surface area contributed by atoms with Crippen LogP contribution in [0, 0.1) is 5.21 Å². The highest BCUT2D eigenvalue weighted by atomic mass is 16.5. The Hall–Kier alpha value is -3.04. The molecule has 0 unspecified atom stereocenters. The van der Waals surface area contributed by atoms with Crippen LogP contribution < -0.4 is 4.73 Å². The average Bonchev–Trinajstić information content (AvgIpc) is 2.49. The molecule has 1 heterocycles. The molecule has 0 atom stereocenters. The van der Waals surface area contributed by atoms with Gasteiger partial charge in [0, 0.05) is 22.4 Å². The molecule has 0 spiro atoms. The van der Waals surface area contributed by atoms with E-state index in [4.69, 9.17) is 5.53 Å². The third-order valence-electron chi connectivity index (χ3n) is 3.13. The van der Waals surface area contributed by atoms with E-state index in [0.717, 1.165) is 10.1 Å². The Kier molecular flexibility index (Phi) is 2.95. The minimum Gasteiger partial charge on any atom is -0.618 e. The highest BCUT2D eigenvalue weighted by Gasteiger charge is 2.14. The number of azide groups is 1. The molecule has 2 aromatic carbocycles. The summed E-state index contributed by atoms with van der Waals surface area (Å²) in [6.07, 6.45) is 0. The lowest BCUT2D eigenvalue weighted by Crippen LogP contribution is -2.29. The molecule has 0 fully saturated rings. The van der Waals surface area contributed by atoms with E-state index in [1.807, 2.05) is 24.3 Å². The summed E-state index contributed by atoms with van der Waals surface area (Å²) >= 11 is 0. The van der Waals surface area contributed by atoms with E-state index in [1.54, 1.807) is 36.4 Å². The molecular formula is C15H10N4O. The average molecular weight is 262 g/mol. The molecule has 0 saturated carbocycles. The molecule has 0 aliphatic rings. The van der Waals surface area contributed by atoms with Gasteiger partial charge in [-0.05, 0) is 23.7 Å². The minimum absolute atomic E-state index is 0.440. The fourth-order valence-electron chi connectivity index (χ4n) is 2.20. The van der Waals surface area contributed by atoms with E-state index < -0.39 is 0 Å². The van der Waals surface area contributed by atoms with Crippen molar-refractivity contribution in [2.24, 2.45) is 5.11 Å². The molecule has 0 amide bonds. The smallest absolute Gasteiger partial charge is 0.224 e. The zero-order valence-electron chi connectivity index (χ0n) is 10.5. The van der Waals surface area contributed by atoms with Crippen molar-refractivity contribution >= 4 is 16.6 Å². The minimum atomic E-state index is 0.440. The molecule has 3 aromatic rings. The number of fused-ring (bicyclic) bond motifs is 1. The summed E-state index contributed by atoms with van der Waals surface area (Å²) < 4.78 is 0.862. The molecule has 3 rings (SSSR count). The molecule has 20 heavy (non-hydrogen) atoms. The third-order valence-corrected chi connectivity index (χ3v) is 3.13. The van der Waals surface area contributed by atoms with Crippen LogP contribution in [0.2, 0.25) is 0 Å². The Morgan fingerprint density at radius 2 is 1.70 bits per heavy atom. The maximum absolute atomic E-state index is 12.5. The van der Waals surface area contributed by atoms with E-state index in [9.17, 15) is 5.21 Å². The number of para-hydroxylation sites is 1. The highest BCUT2D eigenvalue weighted by Crippen LogP contribution is 2.28. The predicted octanol–water partition coefficient (Wildman–Crippen LogP) is 4.08. The Bertz CT molecular complexity index is 838. The van der Waals surface area contributed by atoms with Crippen molar-refractivity contribution in [3.05, 3.63) is 76.3 Å². The first kappa shape index (κ1) is 12.0. The second-order valence-corrected chi connectivity index (χ2v) is 4.28. The van der Waals surface area contributed by atoms with Crippen molar-refractivity contribution in [2.45, 2.75) is 0 Å². The number of hydrogen-bond acceptors (Lipinski definition) is 2. The molecule has 0 bridgehead atoms. The summed E-state index contributed by atoms with van der Waals surface area (Å²) in [5.41, 5.74) is 10.7. The molecule has 1 aromatic heterocycles. The first-order valence-corrected chi connectivity index (χ1v) is 6.07. The second kappa shape index (κ2) is 4.91. The SMILES string of the molecule is [N-]=[N+]=Nc1ccccc1-c1ccc2ccccc2[n+]1[O-]. The van der Waals surface area contributed by atoms with Gasteiger partial charge in [0.05, 0.1) is 11.3 Å². The van der Waals surface area contributed by atoms with Crippen LogP contribution in [-0.2, 0) is 0 Å². The van der Waals surface area contributed by atoms with Gasteiger partial charge in [0.2, 0.25) is 11.2 Å². The maximum Gasteiger partial charge on any atom is 0.224 e. The van der Waals surface area contributed by atoms with Crippen LogP contribution in [-0.4, -0.2) is 0 Å². The predicted molar refractivity (Wildman–Crippen MR) is 77.2 cm³/mol. The van der Waals surface area contributed by atoms with Gasteiger partial charge in [0.1, 0.15) is 0 Å². The summed E-state index contributed by atoms with van der Waals surface area (Å²) in [6.45, 7) is 0. The van der Waals surface area contributed by atoms with E-state index in [2.05, 4.69) is 10.0 Å². The molecule has 5 heteroatoms. The number of benzene rings is 2. The summed E-state index contributed by atoms with van der Waals surface area (Å²) in [5.74, 6) is 0. The molecule has 0 N–H and O–H groups in total. The summed E-state index contributed by atoms with van der Waals surface area (Å²) in [5, 5.41) is 17.0. The molecule has 96 valence electrons. The molecule has 0 radical (unpaired) electrons. The Morgan fingerprint density at radius 3 is 2.55 bits per heavy atom. The van der Waals surface area contributed by atoms with Crippen LogP contribution in [0.1, 0.15) is 0 Å². The number of rotatable bonds is 2. The second-order valence-electron chi connectivity index (χ2n) is 4.28. The quantitative estimate of drug-likeness (QED) is 0.225. The molecule has 0 aliphatic heterocycles. The number of nitrogens with zero attached hydrogens (tertiary/aromatic N) is 4. The van der Waals surface area contributed by atoms with Gasteiger partial charge in [-0.2, -0.15) is 4.73 Å². The van der Waals surface area contributed by atoms with E-state index in [-0.39, 0.29) is 0 Å². The molecule has 5 nitrogen and oxygen atoms in total. The van der Waals surface area contributed by atoms with Crippen LogP contribution in [0.3, 0.4) is 0 Å². The Balaban J connectivity index is 2.30. The standard InChI is InChI=1S/C15H10N4O/c16-18-17-13-7-3-2-6-12(13)15-10-9-11-5-1-4-8-14(11)19(15)20/h1-10H. The van der Waals surface area contributed by atoms with E-state index >= 15 is 0 Å². The fraction of sp³-hybridized carbons (Fsp3) is 0. The molecule has 0 aliphatic carbocycles. The van der Waals surface area contributed by atoms with Crippen LogP contribution >= 0.6 is 0 Å². The fourth-order valence-corrected chi connectivity index (χ4v) is 2.20. The normalized spacial score (nSPS) is 10.2. The lowest BCUT2D eigenvalue weighted by molar-refractivity contribution is -0.565. The van der Waals surface area contributed by atoms with Gasteiger partial charge in [-0.1, -0.05) is 35.4 Å². The highest BCUT2D eigenvalue weighted by molar-refractivity contribution is 5.79. The van der Waals surface area contributed by atoms with Crippen molar-refractivity contribution < 1.29 is 4.73 Å². The first-order chi connectivity index (χ1) is 9.81. The van der Waals surface area contributed by atoms with Gasteiger partial charge >= 0.3 is 0 Å². The molecule has 0 saturated heterocycles. The van der Waals surface area contributed by atoms with Gasteiger partial charge < -0.3 is 5.21 Å². The summed E-state index contributed by atoms with van der Waals surface area (Å²) in [4.78, 5) is 2.80. The van der Waals surface area contributed by atoms with Crippen molar-refractivity contribution in [1.82, 2.24) is 0 Å². The van der Waals surface area contributed by atoms with Gasteiger partial charge in [-0.15, -0.1) is 0 Å². The Morgan fingerprint density at radius 1 is 0.950 bits per heavy atom. The largest absolute Gasteiger partial charge is 0.618 e. The van der Waals surface area contributed by atoms with Gasteiger partial charge in [-0.3, -0.25) is 0 Å².